The van der Waals surface area contributed by atoms with Crippen molar-refractivity contribution < 1.29 is 85.8 Å². The third-order valence-electron chi connectivity index (χ3n) is 18.5. The van der Waals surface area contributed by atoms with Gasteiger partial charge in [-0.1, -0.05) is 29.4 Å². The Balaban J connectivity index is 0.993. The molecule has 10 aliphatic rings. The molecule has 13 rings (SSSR count). The van der Waals surface area contributed by atoms with Crippen LogP contribution < -0.4 is 38.3 Å². The molecule has 9 atom stereocenters. The Morgan fingerprint density at radius 3 is 2.21 bits per heavy atom. The molecular formula is C63H71N2O18P. The van der Waals surface area contributed by atoms with Crippen LogP contribution in [0.2, 0.25) is 0 Å². The van der Waals surface area contributed by atoms with E-state index in [2.05, 4.69) is 11.4 Å². The fraction of sp³-hybridized carbons (Fsp3) is 0.492. The minimum Gasteiger partial charge on any atom is -0.502 e. The largest absolute Gasteiger partial charge is 0.524 e. The first-order chi connectivity index (χ1) is 39.9. The van der Waals surface area contributed by atoms with E-state index in [1.165, 1.54) is 14.2 Å². The van der Waals surface area contributed by atoms with E-state index in [9.17, 15) is 24.3 Å². The van der Waals surface area contributed by atoms with E-state index in [0.717, 1.165) is 11.1 Å². The van der Waals surface area contributed by atoms with Gasteiger partial charge in [0.15, 0.2) is 45.7 Å². The lowest BCUT2D eigenvalue weighted by Crippen LogP contribution is -2.74. The van der Waals surface area contributed by atoms with E-state index >= 15 is 14.4 Å². The SMILES string of the molecule is COc1cc(C2c3cc4c(cc3C(NC(=O)C(C)=CCC35OC(C)(C)C6CC(C3=O)C(N3CCOCC3)=C3C(=O)c7c(OP(=O)(O)O)c8c(c(CC=C(C)C)c7OC365)OC(C)(CCC=C(C)C)C=C8)C3COC(=O)C23)OCO4)cc(OC)c1O. The zero-order valence-electron chi connectivity index (χ0n) is 48.8. The summed E-state index contributed by atoms with van der Waals surface area (Å²) in [6.45, 7) is 16.4. The van der Waals surface area contributed by atoms with Crippen LogP contribution in [0.1, 0.15) is 131 Å². The number of allylic oxidation sites excluding steroid dienone is 5. The Hall–Kier alpha value is -7.09. The molecule has 1 spiro atoms. The predicted octanol–water partition coefficient (Wildman–Crippen LogP) is 8.82. The van der Waals surface area contributed by atoms with Crippen molar-refractivity contribution in [2.75, 3.05) is 53.9 Å². The van der Waals surface area contributed by atoms with E-state index in [1.54, 1.807) is 43.3 Å². The number of hydrogen-bond donors (Lipinski definition) is 4. The van der Waals surface area contributed by atoms with Crippen molar-refractivity contribution in [2.45, 2.75) is 122 Å². The van der Waals surface area contributed by atoms with Crippen LogP contribution in [-0.2, 0) is 39.6 Å². The lowest BCUT2D eigenvalue weighted by Gasteiger charge is -2.59. The van der Waals surface area contributed by atoms with Gasteiger partial charge in [-0.05, 0) is 134 Å². The normalized spacial score (nSPS) is 29.1. The van der Waals surface area contributed by atoms with E-state index in [0.29, 0.717) is 78.6 Å². The summed E-state index contributed by atoms with van der Waals surface area (Å²) in [6.07, 6.45) is 10.5. The van der Waals surface area contributed by atoms with Crippen LogP contribution in [0.15, 0.2) is 76.6 Å². The van der Waals surface area contributed by atoms with Crippen molar-refractivity contribution in [3.8, 4) is 46.0 Å². The highest BCUT2D eigenvalue weighted by Gasteiger charge is 2.83. The number of hydrogen-bond acceptors (Lipinski definition) is 17. The number of Topliss-reactive ketones (excluding diaryl/α,β-unsaturated/α-hetero) is 2. The Morgan fingerprint density at radius 1 is 0.881 bits per heavy atom. The number of phosphoric ester groups is 1. The van der Waals surface area contributed by atoms with Crippen LogP contribution in [0.4, 0.5) is 0 Å². The maximum Gasteiger partial charge on any atom is 0.524 e. The van der Waals surface area contributed by atoms with Gasteiger partial charge in [-0.3, -0.25) is 29.0 Å². The first-order valence-electron chi connectivity index (χ1n) is 28.6. The number of aromatic hydroxyl groups is 1. The smallest absolute Gasteiger partial charge is 0.502 e. The molecule has 0 aromatic heterocycles. The number of fused-ring (bicyclic) bond motifs is 5. The molecule has 9 unspecified atom stereocenters. The second kappa shape index (κ2) is 20.6. The number of carbonyl (C=O) groups excluding carboxylic acids is 4. The van der Waals surface area contributed by atoms with Crippen LogP contribution in [0.3, 0.4) is 0 Å². The lowest BCUT2D eigenvalue weighted by molar-refractivity contribution is -0.174. The molecule has 4 N–H and O–H groups in total. The van der Waals surface area contributed by atoms with Gasteiger partial charge in [0, 0.05) is 54.1 Å². The molecule has 1 amide bonds. The van der Waals surface area contributed by atoms with Crippen molar-refractivity contribution in [1.82, 2.24) is 10.2 Å². The second-order valence-electron chi connectivity index (χ2n) is 24.6. The molecule has 4 bridgehead atoms. The topological polar surface area (TPSA) is 254 Å². The Labute approximate surface area is 486 Å². The Morgan fingerprint density at radius 2 is 1.56 bits per heavy atom. The number of amides is 1. The van der Waals surface area contributed by atoms with Gasteiger partial charge in [0.05, 0.1) is 68.7 Å². The first kappa shape index (κ1) is 57.3. The van der Waals surface area contributed by atoms with E-state index in [-0.39, 0.29) is 89.5 Å². The summed E-state index contributed by atoms with van der Waals surface area (Å²) in [5.74, 6) is -5.00. The second-order valence-corrected chi connectivity index (χ2v) is 25.8. The van der Waals surface area contributed by atoms with Gasteiger partial charge >= 0.3 is 13.8 Å². The highest BCUT2D eigenvalue weighted by atomic mass is 31.2. The number of cyclic esters (lactones) is 1. The Bertz CT molecular complexity index is 3530. The molecule has 6 heterocycles. The summed E-state index contributed by atoms with van der Waals surface area (Å²) < 4.78 is 75.3. The quantitative estimate of drug-likeness (QED) is 0.0480. The predicted molar refractivity (Wildman–Crippen MR) is 303 cm³/mol. The van der Waals surface area contributed by atoms with E-state index in [1.807, 2.05) is 65.5 Å². The molecule has 3 saturated heterocycles. The Kier molecular flexibility index (Phi) is 14.0. The zero-order chi connectivity index (χ0) is 59.7. The van der Waals surface area contributed by atoms with Crippen molar-refractivity contribution >= 4 is 37.3 Å². The summed E-state index contributed by atoms with van der Waals surface area (Å²) in [5, 5.41) is 14.2. The number of ketones is 2. The average Bonchev–Trinajstić information content (AvgIpc) is 1.47. The van der Waals surface area contributed by atoms with Gasteiger partial charge in [0.25, 0.3) is 0 Å². The molecule has 84 heavy (non-hydrogen) atoms. The fourth-order valence-corrected chi connectivity index (χ4v) is 15.2. The third-order valence-corrected chi connectivity index (χ3v) is 18.9. The van der Waals surface area contributed by atoms with Crippen molar-refractivity contribution in [2.24, 2.45) is 23.7 Å². The molecule has 1 saturated carbocycles. The summed E-state index contributed by atoms with van der Waals surface area (Å²) >= 11 is 0. The van der Waals surface area contributed by atoms with E-state index < -0.39 is 89.3 Å². The molecule has 0 radical (unpaired) electrons. The number of methoxy groups -OCH3 is 2. The first-order valence-corrected chi connectivity index (χ1v) is 30.1. The number of rotatable bonds is 15. The van der Waals surface area contributed by atoms with Gasteiger partial charge in [-0.2, -0.15) is 0 Å². The van der Waals surface area contributed by atoms with Crippen molar-refractivity contribution in [1.29, 1.82) is 0 Å². The van der Waals surface area contributed by atoms with Crippen LogP contribution in [0.25, 0.3) is 6.08 Å². The minimum absolute atomic E-state index is 0.0383. The number of phenolic OH excluding ortho intramolecular Hbond substituents is 1. The van der Waals surface area contributed by atoms with Crippen LogP contribution in [0.5, 0.6) is 46.0 Å². The van der Waals surface area contributed by atoms with Crippen molar-refractivity contribution in [3.05, 3.63) is 110 Å². The number of nitrogens with zero attached hydrogens (tertiary/aromatic N) is 1. The number of benzene rings is 3. The maximum absolute atomic E-state index is 16.5. The van der Waals surface area contributed by atoms with Crippen LogP contribution in [0, 0.1) is 23.7 Å². The minimum atomic E-state index is -5.40. The number of ether oxygens (including phenoxy) is 9. The number of morpholine rings is 1. The number of carbonyl (C=O) groups is 4. The zero-order valence-corrected chi connectivity index (χ0v) is 49.7. The summed E-state index contributed by atoms with van der Waals surface area (Å²) in [4.78, 5) is 85.2. The molecule has 3 aromatic carbocycles. The molecule has 4 fully saturated rings. The summed E-state index contributed by atoms with van der Waals surface area (Å²) in [5.41, 5.74) is -0.871. The van der Waals surface area contributed by atoms with Gasteiger partial charge in [0.1, 0.15) is 22.7 Å². The maximum atomic E-state index is 16.5. The molecule has 6 aliphatic heterocycles. The van der Waals surface area contributed by atoms with Crippen LogP contribution in [-0.4, -0.2) is 120 Å². The van der Waals surface area contributed by atoms with Crippen molar-refractivity contribution in [3.63, 3.8) is 0 Å². The number of phenols is 1. The van der Waals surface area contributed by atoms with E-state index in [4.69, 9.17) is 47.2 Å². The summed E-state index contributed by atoms with van der Waals surface area (Å²) in [6, 6.07) is 6.07. The summed E-state index contributed by atoms with van der Waals surface area (Å²) in [7, 11) is -2.57. The third kappa shape index (κ3) is 8.94. The highest BCUT2D eigenvalue weighted by Crippen LogP contribution is 2.71. The lowest BCUT2D eigenvalue weighted by atomic mass is 9.49. The van der Waals surface area contributed by atoms with Gasteiger partial charge in [-0.15, -0.1) is 0 Å². The van der Waals surface area contributed by atoms with Gasteiger partial charge in [0.2, 0.25) is 24.2 Å². The monoisotopic (exact) mass is 1170 g/mol. The molecule has 3 aromatic rings. The molecule has 4 aliphatic carbocycles. The molecule has 21 heteroatoms. The standard InChI is InChI=1S/C63H71N2O18P/c1-31(2)12-11-17-61(8)18-16-36-54(80-61)35(14-13-32(3)4)55-48(56(36)82-84(71,72)73)53(67)49-51(65-20-22-76-23-21-65)39-28-45-60(6,7)83-62(57(39)68,63(45,49)81-55)19-15-33(5)58(69)64-50-38-27-42-41(78-30-79-42)26-37(38)46(47-40(50)29-77-59(47)70)34-24-43(74-9)52(66)44(25-34)75-10/h12-13,15-16,18,24-27,39-40,45-47,50,66H,11,14,17,19-23,28-30H2,1-10H3,(H,64,69)(H2,71,72,73). The molecule has 446 valence electrons. The van der Waals surface area contributed by atoms with Crippen LogP contribution >= 0.6 is 7.82 Å². The molecule has 20 nitrogen and oxygen atoms in total. The number of nitrogens with one attached hydrogen (secondary N) is 1. The molecular weight excluding hydrogens is 1100 g/mol. The number of phosphoric acid groups is 1. The van der Waals surface area contributed by atoms with Gasteiger partial charge in [-0.25, -0.2) is 4.57 Å². The highest BCUT2D eigenvalue weighted by molar-refractivity contribution is 7.46. The average molecular weight is 1180 g/mol. The fourth-order valence-electron chi connectivity index (χ4n) is 14.7. The van der Waals surface area contributed by atoms with Gasteiger partial charge < -0.3 is 62.5 Å². The number of esters is 1.